The van der Waals surface area contributed by atoms with Gasteiger partial charge in [-0.1, -0.05) is 0 Å². The van der Waals surface area contributed by atoms with Crippen molar-refractivity contribution in [2.45, 2.75) is 35.4 Å². The Balaban J connectivity index is 1.96. The van der Waals surface area contributed by atoms with E-state index in [-0.39, 0.29) is 19.4 Å². The van der Waals surface area contributed by atoms with Crippen molar-refractivity contribution in [2.75, 3.05) is 6.54 Å². The summed E-state index contributed by atoms with van der Waals surface area (Å²) in [4.78, 5) is 65.7. The zero-order chi connectivity index (χ0) is 17.8. The number of hydrogen-bond donors (Lipinski definition) is 6. The predicted molar refractivity (Wildman–Crippen MR) is 80.8 cm³/mol. The molecular formula is C11H18N3O8P2+. The summed E-state index contributed by atoms with van der Waals surface area (Å²) in [5, 5.41) is 6.39. The van der Waals surface area contributed by atoms with Gasteiger partial charge in [-0.2, -0.15) is 14.7 Å². The molecule has 134 valence electrons. The maximum absolute atomic E-state index is 12.1. The summed E-state index contributed by atoms with van der Waals surface area (Å²) in [6.07, 6.45) is 4.38. The third-order valence-electron chi connectivity index (χ3n) is 4.52. The maximum Gasteiger partial charge on any atom is 0.447 e. The highest BCUT2D eigenvalue weighted by Crippen LogP contribution is 2.81. The fourth-order valence-corrected chi connectivity index (χ4v) is 6.75. The zero-order valence-electron chi connectivity index (χ0n) is 12.4. The lowest BCUT2D eigenvalue weighted by atomic mass is 9.71. The Morgan fingerprint density at radius 3 is 2.50 bits per heavy atom. The number of carbonyl (C=O) groups excluding carboxylic acids is 1. The minimum atomic E-state index is -4.96. The number of aromatic nitrogens is 2. The summed E-state index contributed by atoms with van der Waals surface area (Å²) < 4.78 is 1.25. The van der Waals surface area contributed by atoms with Gasteiger partial charge in [0, 0.05) is 12.4 Å². The average Bonchev–Trinajstić information content (AvgIpc) is 3.01. The average molecular weight is 382 g/mol. The Bertz CT molecular complexity index is 628. The molecule has 2 heterocycles. The monoisotopic (exact) mass is 382 g/mol. The van der Waals surface area contributed by atoms with Crippen LogP contribution in [0.3, 0.4) is 0 Å². The van der Waals surface area contributed by atoms with E-state index in [0.29, 0.717) is 0 Å². The van der Waals surface area contributed by atoms with Crippen molar-refractivity contribution < 1.29 is 39.2 Å². The molecule has 3 rings (SSSR count). The Hall–Kier alpha value is -0.580. The van der Waals surface area contributed by atoms with E-state index in [4.69, 9.17) is 15.5 Å². The molecule has 1 aromatic heterocycles. The third-order valence-corrected chi connectivity index (χ3v) is 9.16. The molecule has 24 heavy (non-hydrogen) atoms. The molecule has 0 radical (unpaired) electrons. The van der Waals surface area contributed by atoms with Gasteiger partial charge in [0.05, 0.1) is 12.9 Å². The second-order valence-electron chi connectivity index (χ2n) is 5.79. The fraction of sp³-hybridized carbons (Fsp3) is 0.636. The predicted octanol–water partition coefficient (Wildman–Crippen LogP) is -1.62. The number of fused-ring (bicyclic) bond motifs is 1. The smallest absolute Gasteiger partial charge is 0.365 e. The van der Waals surface area contributed by atoms with Crippen molar-refractivity contribution in [1.29, 1.82) is 0 Å². The van der Waals surface area contributed by atoms with Crippen LogP contribution in [0.15, 0.2) is 18.7 Å². The first-order valence-electron chi connectivity index (χ1n) is 6.98. The van der Waals surface area contributed by atoms with Crippen LogP contribution in [0.4, 0.5) is 0 Å². The number of nitrogens with two attached hydrogens (primary N) is 1. The first-order chi connectivity index (χ1) is 11.1. The summed E-state index contributed by atoms with van der Waals surface area (Å²) in [7, 11) is -7.80. The number of aliphatic hydroxyl groups is 1. The number of hydrogen-bond acceptors (Lipinski definition) is 10. The number of nitrogens with zero attached hydrogens (tertiary/aromatic N) is 2. The van der Waals surface area contributed by atoms with E-state index in [1.165, 1.54) is 23.3 Å². The maximum atomic E-state index is 12.1. The Morgan fingerprint density at radius 2 is 2.12 bits per heavy atom. The molecule has 1 aliphatic carbocycles. The van der Waals surface area contributed by atoms with Crippen molar-refractivity contribution in [1.82, 2.24) is 9.55 Å². The standard InChI is InChI=1S/C11H18N3O8P2/c12-5-8(15)9-1-2-10(9,22-21-9)23(17)11(16,24(18,19)20)6-14-4-3-13-7-14/h3-4,7,16-20H,1-2,5-6,12H2/q+1/t9?,10?,11?,23-/m1/s1. The van der Waals surface area contributed by atoms with Gasteiger partial charge in [-0.15, -0.1) is 0 Å². The number of ketones is 1. The molecule has 0 spiro atoms. The molecule has 3 unspecified atom stereocenters. The minimum absolute atomic E-state index is 0.132. The molecule has 4 atom stereocenters. The largest absolute Gasteiger partial charge is 0.447 e. The molecule has 1 aromatic rings. The van der Waals surface area contributed by atoms with Crippen LogP contribution in [0.2, 0.25) is 0 Å². The van der Waals surface area contributed by atoms with Crippen LogP contribution in [0.25, 0.3) is 0 Å². The highest BCUT2D eigenvalue weighted by atomic mass is 31.3. The van der Waals surface area contributed by atoms with Gasteiger partial charge in [0.15, 0.2) is 19.3 Å². The summed E-state index contributed by atoms with van der Waals surface area (Å²) in [6.45, 7) is -0.934. The van der Waals surface area contributed by atoms with Gasteiger partial charge < -0.3 is 20.3 Å². The Labute approximate surface area is 138 Å². The van der Waals surface area contributed by atoms with Crippen LogP contribution in [0.5, 0.6) is 0 Å². The summed E-state index contributed by atoms with van der Waals surface area (Å²) in [5.74, 6) is -0.538. The minimum Gasteiger partial charge on any atom is -0.365 e. The molecule has 11 nitrogen and oxygen atoms in total. The van der Waals surface area contributed by atoms with Gasteiger partial charge in [0.1, 0.15) is 6.54 Å². The molecule has 1 aliphatic heterocycles. The van der Waals surface area contributed by atoms with E-state index in [1.807, 2.05) is 0 Å². The molecule has 0 bridgehead atoms. The summed E-state index contributed by atoms with van der Waals surface area (Å²) >= 11 is 0. The van der Waals surface area contributed by atoms with Gasteiger partial charge in [-0.05, 0) is 12.8 Å². The molecule has 1 saturated carbocycles. The number of Topliss-reactive ketones (excluding diaryl/α,β-unsaturated/α-hetero) is 1. The lowest BCUT2D eigenvalue weighted by molar-refractivity contribution is -0.543. The van der Waals surface area contributed by atoms with Crippen LogP contribution in [-0.4, -0.2) is 62.6 Å². The first kappa shape index (κ1) is 18.2. The van der Waals surface area contributed by atoms with Crippen molar-refractivity contribution >= 4 is 21.9 Å². The summed E-state index contributed by atoms with van der Waals surface area (Å²) in [5.41, 5.74) is 3.81. The zero-order valence-corrected chi connectivity index (χ0v) is 14.2. The Kier molecular flexibility index (Phi) is 4.34. The van der Waals surface area contributed by atoms with Crippen molar-refractivity contribution in [3.8, 4) is 0 Å². The molecule has 0 amide bonds. The van der Waals surface area contributed by atoms with Crippen molar-refractivity contribution in [3.05, 3.63) is 18.7 Å². The number of carbonyl (C=O) groups is 1. The van der Waals surface area contributed by atoms with E-state index < -0.39 is 44.4 Å². The molecule has 1 saturated heterocycles. The first-order valence-corrected chi connectivity index (χ1v) is 9.92. The lowest BCUT2D eigenvalue weighted by Gasteiger charge is -2.64. The van der Waals surface area contributed by atoms with Gasteiger partial charge in [0.25, 0.3) is 0 Å². The lowest BCUT2D eigenvalue weighted by Crippen LogP contribution is -2.78. The van der Waals surface area contributed by atoms with E-state index >= 15 is 0 Å². The molecule has 0 aromatic carbocycles. The normalized spacial score (nSPS) is 32.9. The topological polar surface area (TPSA) is 181 Å². The molecule has 2 fully saturated rings. The number of imidazole rings is 1. The molecule has 13 heteroatoms. The van der Waals surface area contributed by atoms with Gasteiger partial charge in [0.2, 0.25) is 5.60 Å². The second-order valence-corrected chi connectivity index (χ2v) is 10.1. The highest BCUT2D eigenvalue weighted by molar-refractivity contribution is 7.75. The molecule has 7 N–H and O–H groups in total. The van der Waals surface area contributed by atoms with E-state index in [2.05, 4.69) is 4.98 Å². The number of rotatable bonds is 7. The fourth-order valence-electron chi connectivity index (χ4n) is 2.97. The highest BCUT2D eigenvalue weighted by Gasteiger charge is 2.84. The van der Waals surface area contributed by atoms with E-state index in [9.17, 15) is 29.5 Å². The van der Waals surface area contributed by atoms with Crippen molar-refractivity contribution in [2.24, 2.45) is 5.73 Å². The van der Waals surface area contributed by atoms with Crippen LogP contribution in [0.1, 0.15) is 12.8 Å². The van der Waals surface area contributed by atoms with Gasteiger partial charge in [-0.3, -0.25) is 4.79 Å². The Morgan fingerprint density at radius 1 is 1.42 bits per heavy atom. The van der Waals surface area contributed by atoms with Crippen LogP contribution in [-0.2, 0) is 21.1 Å². The summed E-state index contributed by atoms with van der Waals surface area (Å²) in [6, 6.07) is 0. The van der Waals surface area contributed by atoms with Crippen LogP contribution >= 0.6 is 16.1 Å². The van der Waals surface area contributed by atoms with E-state index in [0.717, 1.165) is 0 Å². The SMILES string of the molecule is NCC(=O)C12CCC1([P@@](O)C(O)(Cn1ccnc1)[P+](O)(O)O)OO2. The molecule has 2 aliphatic rings. The quantitative estimate of drug-likeness (QED) is 0.237. The van der Waals surface area contributed by atoms with Gasteiger partial charge in [-0.25, -0.2) is 14.8 Å². The third kappa shape index (κ3) is 2.22. The van der Waals surface area contributed by atoms with Gasteiger partial charge >= 0.3 is 13.0 Å². The van der Waals surface area contributed by atoms with Crippen molar-refractivity contribution in [3.63, 3.8) is 0 Å². The molecular weight excluding hydrogens is 364 g/mol. The van der Waals surface area contributed by atoms with Crippen LogP contribution < -0.4 is 5.73 Å². The second kappa shape index (κ2) is 5.72. The van der Waals surface area contributed by atoms with Crippen LogP contribution in [0, 0.1) is 0 Å². The van der Waals surface area contributed by atoms with E-state index in [1.54, 1.807) is 0 Å².